The van der Waals surface area contributed by atoms with Crippen LogP contribution in [0.2, 0.25) is 0 Å². The van der Waals surface area contributed by atoms with Crippen molar-refractivity contribution in [1.29, 1.82) is 0 Å². The molecular formula is C21H21FN4O2. The molecule has 4 rings (SSSR count). The van der Waals surface area contributed by atoms with Crippen molar-refractivity contribution in [2.24, 2.45) is 0 Å². The molecule has 1 aliphatic rings. The molecule has 3 aromatic rings. The highest BCUT2D eigenvalue weighted by atomic mass is 19.1. The van der Waals surface area contributed by atoms with E-state index >= 15 is 0 Å². The van der Waals surface area contributed by atoms with Crippen molar-refractivity contribution in [2.45, 2.75) is 13.0 Å². The fourth-order valence-corrected chi connectivity index (χ4v) is 3.58. The number of anilines is 1. The van der Waals surface area contributed by atoms with Crippen LogP contribution in [0.1, 0.15) is 13.0 Å². The van der Waals surface area contributed by atoms with Crippen molar-refractivity contribution in [1.82, 2.24) is 14.5 Å². The lowest BCUT2D eigenvalue weighted by molar-refractivity contribution is -0.134. The van der Waals surface area contributed by atoms with E-state index < -0.39 is 6.04 Å². The SMILES string of the molecule is C[C@@H](C(=O)N1CCN(c2ccc(F)cc2)CC1)n1cnc2ccccc2c1=O. The summed E-state index contributed by atoms with van der Waals surface area (Å²) in [6.45, 7) is 4.16. The molecule has 0 unspecified atom stereocenters. The van der Waals surface area contributed by atoms with Gasteiger partial charge >= 0.3 is 0 Å². The van der Waals surface area contributed by atoms with Gasteiger partial charge in [-0.2, -0.15) is 0 Å². The third-order valence-electron chi connectivity index (χ3n) is 5.25. The monoisotopic (exact) mass is 380 g/mol. The number of piperazine rings is 1. The minimum Gasteiger partial charge on any atom is -0.368 e. The van der Waals surface area contributed by atoms with Gasteiger partial charge in [0.15, 0.2) is 0 Å². The zero-order chi connectivity index (χ0) is 19.7. The number of amides is 1. The molecular weight excluding hydrogens is 359 g/mol. The number of para-hydroxylation sites is 1. The Balaban J connectivity index is 1.47. The highest BCUT2D eigenvalue weighted by Crippen LogP contribution is 2.18. The average Bonchev–Trinajstić information content (AvgIpc) is 2.74. The number of carbonyl (C=O) groups excluding carboxylic acids is 1. The van der Waals surface area contributed by atoms with Crippen molar-refractivity contribution in [3.8, 4) is 0 Å². The first-order chi connectivity index (χ1) is 13.5. The molecule has 144 valence electrons. The summed E-state index contributed by atoms with van der Waals surface area (Å²) in [6.07, 6.45) is 1.45. The Labute approximate surface area is 161 Å². The number of rotatable bonds is 3. The summed E-state index contributed by atoms with van der Waals surface area (Å²) in [5, 5.41) is 0.505. The van der Waals surface area contributed by atoms with Gasteiger partial charge in [-0.25, -0.2) is 9.37 Å². The summed E-state index contributed by atoms with van der Waals surface area (Å²) in [5.74, 6) is -0.362. The van der Waals surface area contributed by atoms with Gasteiger partial charge in [-0.3, -0.25) is 14.2 Å². The van der Waals surface area contributed by atoms with Crippen LogP contribution >= 0.6 is 0 Å². The van der Waals surface area contributed by atoms with Crippen molar-refractivity contribution in [3.05, 3.63) is 71.0 Å². The largest absolute Gasteiger partial charge is 0.368 e. The van der Waals surface area contributed by atoms with Crippen molar-refractivity contribution in [3.63, 3.8) is 0 Å². The Hall–Kier alpha value is -3.22. The summed E-state index contributed by atoms with van der Waals surface area (Å²) in [4.78, 5) is 33.9. The van der Waals surface area contributed by atoms with Crippen molar-refractivity contribution in [2.75, 3.05) is 31.1 Å². The summed E-state index contributed by atoms with van der Waals surface area (Å²) < 4.78 is 14.5. The number of benzene rings is 2. The van der Waals surface area contributed by atoms with E-state index in [9.17, 15) is 14.0 Å². The molecule has 28 heavy (non-hydrogen) atoms. The first-order valence-corrected chi connectivity index (χ1v) is 9.30. The number of hydrogen-bond donors (Lipinski definition) is 0. The van der Waals surface area contributed by atoms with E-state index in [1.54, 1.807) is 42.2 Å². The third kappa shape index (κ3) is 3.35. The lowest BCUT2D eigenvalue weighted by atomic mass is 10.2. The molecule has 6 nitrogen and oxygen atoms in total. The van der Waals surface area contributed by atoms with Gasteiger partial charge in [-0.05, 0) is 43.3 Å². The van der Waals surface area contributed by atoms with Gasteiger partial charge in [-0.15, -0.1) is 0 Å². The molecule has 1 fully saturated rings. The molecule has 1 aromatic heterocycles. The van der Waals surface area contributed by atoms with Crippen molar-refractivity contribution < 1.29 is 9.18 Å². The van der Waals surface area contributed by atoms with Gasteiger partial charge in [0.05, 0.1) is 17.2 Å². The van der Waals surface area contributed by atoms with Crippen molar-refractivity contribution >= 4 is 22.5 Å². The third-order valence-corrected chi connectivity index (χ3v) is 5.25. The first-order valence-electron chi connectivity index (χ1n) is 9.30. The van der Waals surface area contributed by atoms with Gasteiger partial charge < -0.3 is 9.80 Å². The van der Waals surface area contributed by atoms with E-state index in [4.69, 9.17) is 0 Å². The molecule has 1 saturated heterocycles. The summed E-state index contributed by atoms with van der Waals surface area (Å²) >= 11 is 0. The molecule has 1 aliphatic heterocycles. The van der Waals surface area contributed by atoms with Crippen LogP contribution < -0.4 is 10.5 Å². The lowest BCUT2D eigenvalue weighted by Gasteiger charge is -2.37. The Morgan fingerprint density at radius 3 is 2.43 bits per heavy atom. The molecule has 0 saturated carbocycles. The molecule has 2 aromatic carbocycles. The zero-order valence-corrected chi connectivity index (χ0v) is 15.6. The second kappa shape index (κ2) is 7.42. The summed E-state index contributed by atoms with van der Waals surface area (Å²) in [5.41, 5.74) is 1.35. The van der Waals surface area contributed by atoms with Gasteiger partial charge in [0.2, 0.25) is 5.91 Å². The smallest absolute Gasteiger partial charge is 0.261 e. The molecule has 0 aliphatic carbocycles. The first kappa shape index (κ1) is 18.2. The van der Waals surface area contributed by atoms with Crippen LogP contribution in [0.15, 0.2) is 59.7 Å². The van der Waals surface area contributed by atoms with E-state index in [-0.39, 0.29) is 17.3 Å². The maximum absolute atomic E-state index is 13.1. The fraction of sp³-hybridized carbons (Fsp3) is 0.286. The number of carbonyl (C=O) groups is 1. The number of fused-ring (bicyclic) bond motifs is 1. The summed E-state index contributed by atoms with van der Waals surface area (Å²) in [6, 6.07) is 12.9. The number of hydrogen-bond acceptors (Lipinski definition) is 4. The molecule has 2 heterocycles. The number of halogens is 1. The topological polar surface area (TPSA) is 58.4 Å². The predicted molar refractivity (Wildman–Crippen MR) is 106 cm³/mol. The van der Waals surface area contributed by atoms with Crippen LogP contribution in [-0.2, 0) is 4.79 Å². The molecule has 0 N–H and O–H groups in total. The summed E-state index contributed by atoms with van der Waals surface area (Å²) in [7, 11) is 0. The maximum atomic E-state index is 13.1. The van der Waals surface area contributed by atoms with E-state index in [0.717, 1.165) is 5.69 Å². The van der Waals surface area contributed by atoms with Crippen LogP contribution in [0.3, 0.4) is 0 Å². The predicted octanol–water partition coefficient (Wildman–Crippen LogP) is 2.45. The highest BCUT2D eigenvalue weighted by Gasteiger charge is 2.27. The zero-order valence-electron chi connectivity index (χ0n) is 15.6. The average molecular weight is 380 g/mol. The molecule has 7 heteroatoms. The minimum absolute atomic E-state index is 0.0991. The second-order valence-corrected chi connectivity index (χ2v) is 6.94. The van der Waals surface area contributed by atoms with Crippen LogP contribution in [0.25, 0.3) is 10.9 Å². The minimum atomic E-state index is -0.623. The Kier molecular flexibility index (Phi) is 4.81. The molecule has 0 spiro atoms. The van der Waals surface area contributed by atoms with Crippen LogP contribution in [0, 0.1) is 5.82 Å². The van der Waals surface area contributed by atoms with Crippen LogP contribution in [-0.4, -0.2) is 46.5 Å². The standard InChI is InChI=1S/C21H21FN4O2/c1-15(26-14-23-19-5-3-2-4-18(19)21(26)28)20(27)25-12-10-24(11-13-25)17-8-6-16(22)7-9-17/h2-9,14-15H,10-13H2,1H3/t15-/m0/s1. The molecule has 0 radical (unpaired) electrons. The normalized spacial score (nSPS) is 15.6. The fourth-order valence-electron chi connectivity index (χ4n) is 3.58. The lowest BCUT2D eigenvalue weighted by Crippen LogP contribution is -2.51. The van der Waals surface area contributed by atoms with Gasteiger partial charge in [0.25, 0.3) is 5.56 Å². The Bertz CT molecular complexity index is 1060. The molecule has 1 amide bonds. The quantitative estimate of drug-likeness (QED) is 0.700. The van der Waals surface area contributed by atoms with Gasteiger partial charge in [0.1, 0.15) is 11.9 Å². The number of nitrogens with zero attached hydrogens (tertiary/aromatic N) is 4. The van der Waals surface area contributed by atoms with E-state index in [0.29, 0.717) is 37.1 Å². The molecule has 0 bridgehead atoms. The second-order valence-electron chi connectivity index (χ2n) is 6.94. The van der Waals surface area contributed by atoms with Crippen LogP contribution in [0.4, 0.5) is 10.1 Å². The van der Waals surface area contributed by atoms with Gasteiger partial charge in [-0.1, -0.05) is 12.1 Å². The highest BCUT2D eigenvalue weighted by molar-refractivity contribution is 5.81. The van der Waals surface area contributed by atoms with Crippen LogP contribution in [0.5, 0.6) is 0 Å². The van der Waals surface area contributed by atoms with E-state index in [2.05, 4.69) is 9.88 Å². The molecule has 1 atom stereocenters. The Morgan fingerprint density at radius 2 is 1.71 bits per heavy atom. The number of aromatic nitrogens is 2. The van der Waals surface area contributed by atoms with E-state index in [1.807, 2.05) is 6.07 Å². The van der Waals surface area contributed by atoms with Gasteiger partial charge in [0, 0.05) is 31.9 Å². The Morgan fingerprint density at radius 1 is 1.04 bits per heavy atom. The van der Waals surface area contributed by atoms with E-state index in [1.165, 1.54) is 23.0 Å². The maximum Gasteiger partial charge on any atom is 0.261 e.